The molecule has 0 aromatic heterocycles. The van der Waals surface area contributed by atoms with E-state index < -0.39 is 0 Å². The van der Waals surface area contributed by atoms with Crippen molar-refractivity contribution in [3.63, 3.8) is 0 Å². The zero-order chi connectivity index (χ0) is 19.8. The van der Waals surface area contributed by atoms with E-state index in [9.17, 15) is 4.79 Å². The van der Waals surface area contributed by atoms with Crippen LogP contribution in [0.25, 0.3) is 6.08 Å². The van der Waals surface area contributed by atoms with Gasteiger partial charge in [-0.15, -0.1) is 0 Å². The predicted molar refractivity (Wildman–Crippen MR) is 111 cm³/mol. The first kappa shape index (κ1) is 20.0. The first-order valence-corrected chi connectivity index (χ1v) is 9.66. The van der Waals surface area contributed by atoms with Crippen LogP contribution in [0.2, 0.25) is 0 Å². The van der Waals surface area contributed by atoms with Crippen molar-refractivity contribution in [2.24, 2.45) is 0 Å². The van der Waals surface area contributed by atoms with Gasteiger partial charge >= 0.3 is 0 Å². The Kier molecular flexibility index (Phi) is 7.09. The summed E-state index contributed by atoms with van der Waals surface area (Å²) in [5.41, 5.74) is 3.27. The molecule has 0 radical (unpaired) electrons. The molecule has 1 fully saturated rings. The molecule has 2 aromatic rings. The summed E-state index contributed by atoms with van der Waals surface area (Å²) in [6.45, 7) is 3.79. The Balaban J connectivity index is 1.59. The molecule has 0 atom stereocenters. The molecule has 5 heteroatoms. The lowest BCUT2D eigenvalue weighted by atomic mass is 10.1. The third-order valence-corrected chi connectivity index (χ3v) is 5.02. The maximum absolute atomic E-state index is 12.3. The van der Waals surface area contributed by atoms with E-state index in [0.29, 0.717) is 18.0 Å². The van der Waals surface area contributed by atoms with Crippen molar-refractivity contribution in [1.29, 1.82) is 0 Å². The summed E-state index contributed by atoms with van der Waals surface area (Å²) in [6.07, 6.45) is 5.84. The summed E-state index contributed by atoms with van der Waals surface area (Å²) in [5.74, 6) is 1.25. The van der Waals surface area contributed by atoms with Gasteiger partial charge in [0, 0.05) is 30.8 Å². The Labute approximate surface area is 167 Å². The van der Waals surface area contributed by atoms with Crippen LogP contribution in [0, 0.1) is 0 Å². The lowest BCUT2D eigenvalue weighted by Gasteiger charge is -2.17. The fourth-order valence-electron chi connectivity index (χ4n) is 3.43. The number of rotatable bonds is 8. The summed E-state index contributed by atoms with van der Waals surface area (Å²) in [4.78, 5) is 14.8. The molecule has 1 N–H and O–H groups in total. The van der Waals surface area contributed by atoms with Crippen molar-refractivity contribution in [2.45, 2.75) is 25.9 Å². The highest BCUT2D eigenvalue weighted by molar-refractivity contribution is 5.92. The van der Waals surface area contributed by atoms with E-state index in [0.717, 1.165) is 30.8 Å². The summed E-state index contributed by atoms with van der Waals surface area (Å²) < 4.78 is 10.6. The minimum atomic E-state index is -0.131. The lowest BCUT2D eigenvalue weighted by molar-refractivity contribution is -0.116. The smallest absolute Gasteiger partial charge is 0.244 e. The van der Waals surface area contributed by atoms with Crippen LogP contribution in [0.4, 0.5) is 0 Å². The Morgan fingerprint density at radius 1 is 1.07 bits per heavy atom. The molecular formula is C23H28N2O3. The van der Waals surface area contributed by atoms with Crippen LogP contribution in [-0.2, 0) is 17.9 Å². The molecule has 28 heavy (non-hydrogen) atoms. The normalized spacial score (nSPS) is 14.4. The number of carbonyl (C=O) groups is 1. The molecule has 1 amide bonds. The fraction of sp³-hybridized carbons (Fsp3) is 0.348. The van der Waals surface area contributed by atoms with E-state index in [1.165, 1.54) is 24.5 Å². The van der Waals surface area contributed by atoms with Gasteiger partial charge in [-0.05, 0) is 55.3 Å². The van der Waals surface area contributed by atoms with Gasteiger partial charge in [-0.2, -0.15) is 0 Å². The second-order valence-corrected chi connectivity index (χ2v) is 6.91. The molecule has 1 aliphatic heterocycles. The number of carbonyl (C=O) groups excluding carboxylic acids is 1. The first-order valence-electron chi connectivity index (χ1n) is 9.66. The zero-order valence-corrected chi connectivity index (χ0v) is 16.6. The summed E-state index contributed by atoms with van der Waals surface area (Å²) in [5, 5.41) is 2.98. The standard InChI is InChI=1S/C23H28N2O3/c1-27-21-11-9-18(22(15-21)28-2)10-12-23(26)24-16-19-7-3-4-8-20(19)17-25-13-5-6-14-25/h3-4,7-12,15H,5-6,13-14,16-17H2,1-2H3,(H,24,26)/b12-10+. The van der Waals surface area contributed by atoms with Gasteiger partial charge < -0.3 is 14.8 Å². The molecule has 148 valence electrons. The van der Waals surface area contributed by atoms with Gasteiger partial charge in [0.25, 0.3) is 0 Å². The molecule has 0 aliphatic carbocycles. The van der Waals surface area contributed by atoms with E-state index in [-0.39, 0.29) is 5.91 Å². The molecule has 5 nitrogen and oxygen atoms in total. The number of likely N-dealkylation sites (tertiary alicyclic amines) is 1. The number of hydrogen-bond donors (Lipinski definition) is 1. The molecule has 0 spiro atoms. The molecule has 1 saturated heterocycles. The SMILES string of the molecule is COc1ccc(/C=C/C(=O)NCc2ccccc2CN2CCCC2)c(OC)c1. The highest BCUT2D eigenvalue weighted by atomic mass is 16.5. The van der Waals surface area contributed by atoms with E-state index in [4.69, 9.17) is 9.47 Å². The van der Waals surface area contributed by atoms with Crippen molar-refractivity contribution in [2.75, 3.05) is 27.3 Å². The highest BCUT2D eigenvalue weighted by Gasteiger charge is 2.13. The third-order valence-electron chi connectivity index (χ3n) is 5.02. The number of nitrogens with one attached hydrogen (secondary N) is 1. The van der Waals surface area contributed by atoms with Crippen LogP contribution in [0.5, 0.6) is 11.5 Å². The van der Waals surface area contributed by atoms with Gasteiger partial charge in [0.1, 0.15) is 11.5 Å². The third kappa shape index (κ3) is 5.36. The van der Waals surface area contributed by atoms with Crippen LogP contribution in [-0.4, -0.2) is 38.1 Å². The van der Waals surface area contributed by atoms with Crippen molar-refractivity contribution >= 4 is 12.0 Å². The van der Waals surface area contributed by atoms with Crippen LogP contribution in [0.3, 0.4) is 0 Å². The minimum absolute atomic E-state index is 0.131. The molecule has 2 aromatic carbocycles. The Bertz CT molecular complexity index is 826. The van der Waals surface area contributed by atoms with Crippen molar-refractivity contribution in [1.82, 2.24) is 10.2 Å². The Morgan fingerprint density at radius 3 is 2.54 bits per heavy atom. The second-order valence-electron chi connectivity index (χ2n) is 6.91. The molecule has 3 rings (SSSR count). The quantitative estimate of drug-likeness (QED) is 0.711. The van der Waals surface area contributed by atoms with Crippen LogP contribution >= 0.6 is 0 Å². The zero-order valence-electron chi connectivity index (χ0n) is 16.6. The topological polar surface area (TPSA) is 50.8 Å². The summed E-state index contributed by atoms with van der Waals surface area (Å²) in [6, 6.07) is 13.8. The molecule has 1 heterocycles. The van der Waals surface area contributed by atoms with Crippen molar-refractivity contribution in [3.05, 3.63) is 65.2 Å². The van der Waals surface area contributed by atoms with E-state index in [2.05, 4.69) is 28.4 Å². The Hall–Kier alpha value is -2.79. The Morgan fingerprint density at radius 2 is 1.82 bits per heavy atom. The van der Waals surface area contributed by atoms with Gasteiger partial charge in [0.15, 0.2) is 0 Å². The van der Waals surface area contributed by atoms with Crippen LogP contribution in [0.15, 0.2) is 48.5 Å². The number of amides is 1. The van der Waals surface area contributed by atoms with Gasteiger partial charge in [-0.3, -0.25) is 9.69 Å². The monoisotopic (exact) mass is 380 g/mol. The predicted octanol–water partition coefficient (Wildman–Crippen LogP) is 3.63. The molecule has 1 aliphatic rings. The van der Waals surface area contributed by atoms with Crippen molar-refractivity contribution < 1.29 is 14.3 Å². The van der Waals surface area contributed by atoms with Gasteiger partial charge in [-0.25, -0.2) is 0 Å². The molecular weight excluding hydrogens is 352 g/mol. The number of ether oxygens (including phenoxy) is 2. The largest absolute Gasteiger partial charge is 0.497 e. The maximum Gasteiger partial charge on any atom is 0.244 e. The van der Waals surface area contributed by atoms with Gasteiger partial charge in [-0.1, -0.05) is 24.3 Å². The number of nitrogens with zero attached hydrogens (tertiary/aromatic N) is 1. The molecule has 0 bridgehead atoms. The average Bonchev–Trinajstić information content (AvgIpc) is 3.24. The van der Waals surface area contributed by atoms with Crippen LogP contribution in [0.1, 0.15) is 29.5 Å². The van der Waals surface area contributed by atoms with E-state index in [1.807, 2.05) is 18.2 Å². The molecule has 0 unspecified atom stereocenters. The number of hydrogen-bond acceptors (Lipinski definition) is 4. The second kappa shape index (κ2) is 9.95. The van der Waals surface area contributed by atoms with E-state index >= 15 is 0 Å². The summed E-state index contributed by atoms with van der Waals surface area (Å²) in [7, 11) is 3.21. The van der Waals surface area contributed by atoms with Gasteiger partial charge in [0.05, 0.1) is 14.2 Å². The van der Waals surface area contributed by atoms with Crippen LogP contribution < -0.4 is 14.8 Å². The number of benzene rings is 2. The summed E-state index contributed by atoms with van der Waals surface area (Å²) >= 11 is 0. The van der Waals surface area contributed by atoms with Gasteiger partial charge in [0.2, 0.25) is 5.91 Å². The lowest BCUT2D eigenvalue weighted by Crippen LogP contribution is -2.23. The average molecular weight is 380 g/mol. The maximum atomic E-state index is 12.3. The first-order chi connectivity index (χ1) is 13.7. The molecule has 0 saturated carbocycles. The highest BCUT2D eigenvalue weighted by Crippen LogP contribution is 2.25. The fourth-order valence-corrected chi connectivity index (χ4v) is 3.43. The van der Waals surface area contributed by atoms with Crippen molar-refractivity contribution in [3.8, 4) is 11.5 Å². The minimum Gasteiger partial charge on any atom is -0.497 e. The van der Waals surface area contributed by atoms with E-state index in [1.54, 1.807) is 26.4 Å². The number of methoxy groups -OCH3 is 2.